The summed E-state index contributed by atoms with van der Waals surface area (Å²) < 4.78 is 0. The Morgan fingerprint density at radius 2 is 2.00 bits per heavy atom. The fraction of sp³-hybridized carbons (Fsp3) is 0.538. The predicted molar refractivity (Wildman–Crippen MR) is 72.2 cm³/mol. The second-order valence-electron chi connectivity index (χ2n) is 5.33. The monoisotopic (exact) mass is 275 g/mol. The van der Waals surface area contributed by atoms with Crippen molar-refractivity contribution in [2.24, 2.45) is 0 Å². The molecule has 0 bridgehead atoms. The number of hydrogen-bond acceptors (Lipinski definition) is 5. The smallest absolute Gasteiger partial charge is 0.324 e. The standard InChI is InChI=1S/C13H17N5O2/c1-9-14-6-3-10(15-9)18-7-4-13(5-8-18)11(19)17(2)12(20)16-13/h3,6H,4-5,7-8H2,1-2H3,(H,16,20). The predicted octanol–water partition coefficient (Wildman–Crippen LogP) is 0.306. The molecule has 2 saturated heterocycles. The Hall–Kier alpha value is -2.18. The van der Waals surface area contributed by atoms with E-state index in [1.165, 1.54) is 11.9 Å². The summed E-state index contributed by atoms with van der Waals surface area (Å²) in [5.41, 5.74) is -0.718. The van der Waals surface area contributed by atoms with Gasteiger partial charge in [-0.05, 0) is 25.8 Å². The second-order valence-corrected chi connectivity index (χ2v) is 5.33. The summed E-state index contributed by atoms with van der Waals surface area (Å²) in [5, 5.41) is 2.83. The van der Waals surface area contributed by atoms with Crippen molar-refractivity contribution >= 4 is 17.8 Å². The number of likely N-dealkylation sites (N-methyl/N-ethyl adjacent to an activating group) is 1. The minimum atomic E-state index is -0.718. The van der Waals surface area contributed by atoms with Crippen LogP contribution in [0.2, 0.25) is 0 Å². The topological polar surface area (TPSA) is 78.4 Å². The van der Waals surface area contributed by atoms with Crippen molar-refractivity contribution in [2.75, 3.05) is 25.0 Å². The van der Waals surface area contributed by atoms with E-state index in [9.17, 15) is 9.59 Å². The molecule has 1 spiro atoms. The van der Waals surface area contributed by atoms with Gasteiger partial charge in [-0.15, -0.1) is 0 Å². The van der Waals surface area contributed by atoms with E-state index >= 15 is 0 Å². The molecule has 7 heteroatoms. The van der Waals surface area contributed by atoms with Gasteiger partial charge in [0.05, 0.1) is 0 Å². The maximum absolute atomic E-state index is 12.2. The number of imide groups is 1. The van der Waals surface area contributed by atoms with E-state index in [1.807, 2.05) is 13.0 Å². The van der Waals surface area contributed by atoms with E-state index in [2.05, 4.69) is 20.2 Å². The number of aryl methyl sites for hydroxylation is 1. The van der Waals surface area contributed by atoms with Gasteiger partial charge in [0.25, 0.3) is 5.91 Å². The minimum absolute atomic E-state index is 0.124. The first-order chi connectivity index (χ1) is 9.52. The zero-order chi connectivity index (χ0) is 14.3. The van der Waals surface area contributed by atoms with E-state index < -0.39 is 5.54 Å². The third kappa shape index (κ3) is 1.90. The molecule has 0 aromatic carbocycles. The van der Waals surface area contributed by atoms with Gasteiger partial charge in [-0.25, -0.2) is 14.8 Å². The molecular weight excluding hydrogens is 258 g/mol. The number of rotatable bonds is 1. The number of nitrogens with zero attached hydrogens (tertiary/aromatic N) is 4. The molecule has 0 atom stereocenters. The number of carbonyl (C=O) groups excluding carboxylic acids is 2. The number of amides is 3. The van der Waals surface area contributed by atoms with Crippen LogP contribution < -0.4 is 10.2 Å². The molecular formula is C13H17N5O2. The van der Waals surface area contributed by atoms with Gasteiger partial charge >= 0.3 is 6.03 Å². The average molecular weight is 275 g/mol. The number of aromatic nitrogens is 2. The van der Waals surface area contributed by atoms with Crippen molar-refractivity contribution in [3.8, 4) is 0 Å². The molecule has 2 aliphatic heterocycles. The summed E-state index contributed by atoms with van der Waals surface area (Å²) in [4.78, 5) is 35.6. The molecule has 0 unspecified atom stereocenters. The first kappa shape index (κ1) is 12.8. The molecule has 1 N–H and O–H groups in total. The molecule has 2 aliphatic rings. The van der Waals surface area contributed by atoms with Gasteiger partial charge in [0.1, 0.15) is 17.2 Å². The van der Waals surface area contributed by atoms with E-state index in [1.54, 1.807) is 6.20 Å². The van der Waals surface area contributed by atoms with Crippen LogP contribution in [-0.4, -0.2) is 52.5 Å². The molecule has 106 valence electrons. The lowest BCUT2D eigenvalue weighted by atomic mass is 9.87. The maximum atomic E-state index is 12.2. The van der Waals surface area contributed by atoms with Gasteiger partial charge in [0, 0.05) is 26.3 Å². The van der Waals surface area contributed by atoms with Crippen molar-refractivity contribution in [2.45, 2.75) is 25.3 Å². The normalized spacial score (nSPS) is 21.5. The Kier molecular flexibility index (Phi) is 2.84. The van der Waals surface area contributed by atoms with Crippen LogP contribution in [0.1, 0.15) is 18.7 Å². The molecule has 0 radical (unpaired) electrons. The van der Waals surface area contributed by atoms with Crippen molar-refractivity contribution < 1.29 is 9.59 Å². The SMILES string of the molecule is Cc1nccc(N2CCC3(CC2)NC(=O)N(C)C3=O)n1. The van der Waals surface area contributed by atoms with Crippen LogP contribution in [0.15, 0.2) is 12.3 Å². The molecule has 2 fully saturated rings. The largest absolute Gasteiger partial charge is 0.356 e. The van der Waals surface area contributed by atoms with Crippen molar-refractivity contribution in [1.82, 2.24) is 20.2 Å². The average Bonchev–Trinajstić information content (AvgIpc) is 2.65. The Morgan fingerprint density at radius 1 is 1.30 bits per heavy atom. The highest BCUT2D eigenvalue weighted by atomic mass is 16.2. The molecule has 1 aromatic rings. The van der Waals surface area contributed by atoms with Crippen molar-refractivity contribution in [3.05, 3.63) is 18.1 Å². The van der Waals surface area contributed by atoms with Crippen LogP contribution >= 0.6 is 0 Å². The molecule has 3 amide bonds. The van der Waals surface area contributed by atoms with Crippen LogP contribution in [0.5, 0.6) is 0 Å². The highest BCUT2D eigenvalue weighted by molar-refractivity contribution is 6.06. The number of nitrogens with one attached hydrogen (secondary N) is 1. The lowest BCUT2D eigenvalue weighted by Crippen LogP contribution is -2.55. The van der Waals surface area contributed by atoms with Crippen LogP contribution in [0.4, 0.5) is 10.6 Å². The van der Waals surface area contributed by atoms with Crippen LogP contribution in [0, 0.1) is 6.92 Å². The lowest BCUT2D eigenvalue weighted by molar-refractivity contribution is -0.131. The molecule has 20 heavy (non-hydrogen) atoms. The fourth-order valence-corrected chi connectivity index (χ4v) is 2.83. The van der Waals surface area contributed by atoms with Crippen LogP contribution in [-0.2, 0) is 4.79 Å². The van der Waals surface area contributed by atoms with E-state index in [4.69, 9.17) is 0 Å². The number of urea groups is 1. The summed E-state index contributed by atoms with van der Waals surface area (Å²) in [6, 6.07) is 1.56. The Morgan fingerprint density at radius 3 is 2.55 bits per heavy atom. The molecule has 0 aliphatic carbocycles. The highest BCUT2D eigenvalue weighted by Crippen LogP contribution is 2.30. The van der Waals surface area contributed by atoms with Gasteiger partial charge in [0.15, 0.2) is 0 Å². The third-order valence-electron chi connectivity index (χ3n) is 4.07. The summed E-state index contributed by atoms with van der Waals surface area (Å²) in [6.07, 6.45) is 2.94. The zero-order valence-corrected chi connectivity index (χ0v) is 11.6. The fourth-order valence-electron chi connectivity index (χ4n) is 2.83. The second kappa shape index (κ2) is 4.43. The number of hydrogen-bond donors (Lipinski definition) is 1. The van der Waals surface area contributed by atoms with Gasteiger partial charge in [-0.3, -0.25) is 9.69 Å². The zero-order valence-electron chi connectivity index (χ0n) is 11.6. The van der Waals surface area contributed by atoms with Gasteiger partial charge in [-0.1, -0.05) is 0 Å². The van der Waals surface area contributed by atoms with Gasteiger partial charge in [0.2, 0.25) is 0 Å². The van der Waals surface area contributed by atoms with Crippen molar-refractivity contribution in [3.63, 3.8) is 0 Å². The molecule has 3 heterocycles. The first-order valence-corrected chi connectivity index (χ1v) is 6.67. The summed E-state index contributed by atoms with van der Waals surface area (Å²) in [7, 11) is 1.52. The number of piperidine rings is 1. The molecule has 0 saturated carbocycles. The highest BCUT2D eigenvalue weighted by Gasteiger charge is 2.51. The molecule has 3 rings (SSSR count). The van der Waals surface area contributed by atoms with Crippen LogP contribution in [0.25, 0.3) is 0 Å². The summed E-state index contributed by atoms with van der Waals surface area (Å²) >= 11 is 0. The van der Waals surface area contributed by atoms with E-state index in [0.29, 0.717) is 25.9 Å². The van der Waals surface area contributed by atoms with E-state index in [-0.39, 0.29) is 11.9 Å². The summed E-state index contributed by atoms with van der Waals surface area (Å²) in [5.74, 6) is 1.48. The Bertz CT molecular complexity index is 566. The molecule has 7 nitrogen and oxygen atoms in total. The molecule has 1 aromatic heterocycles. The third-order valence-corrected chi connectivity index (χ3v) is 4.07. The first-order valence-electron chi connectivity index (χ1n) is 6.67. The Balaban J connectivity index is 1.74. The lowest BCUT2D eigenvalue weighted by Gasteiger charge is -2.37. The van der Waals surface area contributed by atoms with Gasteiger partial charge in [-0.2, -0.15) is 0 Å². The minimum Gasteiger partial charge on any atom is -0.356 e. The van der Waals surface area contributed by atoms with Gasteiger partial charge < -0.3 is 10.2 Å². The summed E-state index contributed by atoms with van der Waals surface area (Å²) in [6.45, 7) is 3.23. The number of carbonyl (C=O) groups is 2. The number of anilines is 1. The van der Waals surface area contributed by atoms with E-state index in [0.717, 1.165) is 11.6 Å². The maximum Gasteiger partial charge on any atom is 0.324 e. The Labute approximate surface area is 117 Å². The van der Waals surface area contributed by atoms with Crippen LogP contribution in [0.3, 0.4) is 0 Å². The quantitative estimate of drug-likeness (QED) is 0.746. The van der Waals surface area contributed by atoms with Crippen molar-refractivity contribution in [1.29, 1.82) is 0 Å².